The van der Waals surface area contributed by atoms with Crippen LogP contribution in [0.25, 0.3) is 0 Å². The molecule has 1 aliphatic carbocycles. The summed E-state index contributed by atoms with van der Waals surface area (Å²) in [4.78, 5) is 3.81. The molecule has 0 radical (unpaired) electrons. The number of nitrogens with one attached hydrogen (secondary N) is 1. The maximum Gasteiger partial charge on any atom is 0.141 e. The molecule has 0 unspecified atom stereocenters. The Morgan fingerprint density at radius 1 is 1.47 bits per heavy atom. The minimum atomic E-state index is -0.902. The summed E-state index contributed by atoms with van der Waals surface area (Å²) in [5.74, 6) is -0.385. The molecule has 1 aromatic rings. The highest BCUT2D eigenvalue weighted by molar-refractivity contribution is 5.20. The second kappa shape index (κ2) is 5.10. The number of halogens is 1. The van der Waals surface area contributed by atoms with Crippen LogP contribution in [0.5, 0.6) is 0 Å². The second-order valence-electron chi connectivity index (χ2n) is 4.76. The minimum absolute atomic E-state index is 0.385. The van der Waals surface area contributed by atoms with Crippen molar-refractivity contribution in [2.45, 2.75) is 44.2 Å². The molecule has 1 fully saturated rings. The Hall–Kier alpha value is -1.00. The molecule has 1 aromatic heterocycles. The van der Waals surface area contributed by atoms with Crippen LogP contribution in [0, 0.1) is 5.82 Å². The Labute approximate surface area is 101 Å². The van der Waals surface area contributed by atoms with E-state index in [1.807, 2.05) is 0 Å². The normalized spacial score (nSPS) is 29.2. The molecule has 4 heteroatoms. The first-order chi connectivity index (χ1) is 8.14. The van der Waals surface area contributed by atoms with E-state index in [2.05, 4.69) is 17.2 Å². The molecule has 3 nitrogen and oxygen atoms in total. The van der Waals surface area contributed by atoms with Crippen molar-refractivity contribution in [1.29, 1.82) is 0 Å². The van der Waals surface area contributed by atoms with Crippen molar-refractivity contribution in [3.63, 3.8) is 0 Å². The molecule has 1 heterocycles. The van der Waals surface area contributed by atoms with Gasteiger partial charge in [0, 0.05) is 17.8 Å². The van der Waals surface area contributed by atoms with Gasteiger partial charge in [-0.1, -0.05) is 6.92 Å². The molecule has 0 atom stereocenters. The first kappa shape index (κ1) is 12.5. The van der Waals surface area contributed by atoms with Gasteiger partial charge < -0.3 is 10.4 Å². The van der Waals surface area contributed by atoms with Crippen LogP contribution in [0.2, 0.25) is 0 Å². The fourth-order valence-corrected chi connectivity index (χ4v) is 2.54. The predicted molar refractivity (Wildman–Crippen MR) is 64.0 cm³/mol. The summed E-state index contributed by atoms with van der Waals surface area (Å²) >= 11 is 0. The van der Waals surface area contributed by atoms with Crippen molar-refractivity contribution in [3.8, 4) is 0 Å². The number of aromatic nitrogens is 1. The third-order valence-electron chi connectivity index (χ3n) is 3.55. The number of hydrogen-bond acceptors (Lipinski definition) is 3. The number of rotatable bonds is 3. The molecule has 0 bridgehead atoms. The van der Waals surface area contributed by atoms with E-state index in [1.165, 1.54) is 6.07 Å². The average Bonchev–Trinajstić information content (AvgIpc) is 2.33. The van der Waals surface area contributed by atoms with Crippen molar-refractivity contribution < 1.29 is 9.50 Å². The fraction of sp³-hybridized carbons (Fsp3) is 0.615. The summed E-state index contributed by atoms with van der Waals surface area (Å²) in [6.07, 6.45) is 5.89. The van der Waals surface area contributed by atoms with Crippen molar-refractivity contribution in [2.75, 3.05) is 6.54 Å². The van der Waals surface area contributed by atoms with E-state index in [0.29, 0.717) is 24.4 Å². The summed E-state index contributed by atoms with van der Waals surface area (Å²) in [5, 5.41) is 13.9. The van der Waals surface area contributed by atoms with Crippen molar-refractivity contribution >= 4 is 0 Å². The van der Waals surface area contributed by atoms with Gasteiger partial charge in [-0.3, -0.25) is 4.98 Å². The molecular weight excluding hydrogens is 219 g/mol. The molecule has 2 N–H and O–H groups in total. The Balaban J connectivity index is 2.06. The fourth-order valence-electron chi connectivity index (χ4n) is 2.54. The summed E-state index contributed by atoms with van der Waals surface area (Å²) < 4.78 is 13.1. The van der Waals surface area contributed by atoms with Crippen LogP contribution >= 0.6 is 0 Å². The largest absolute Gasteiger partial charge is 0.385 e. The van der Waals surface area contributed by atoms with Crippen molar-refractivity contribution in [2.24, 2.45) is 0 Å². The highest BCUT2D eigenvalue weighted by atomic mass is 19.1. The highest BCUT2D eigenvalue weighted by Crippen LogP contribution is 2.36. The number of aliphatic hydroxyl groups is 1. The number of nitrogens with zero attached hydrogens (tertiary/aromatic N) is 1. The highest BCUT2D eigenvalue weighted by Gasteiger charge is 2.34. The first-order valence-electron chi connectivity index (χ1n) is 6.21. The SMILES string of the molecule is CCNC1CCC(O)(c2cncc(F)c2)CC1. The van der Waals surface area contributed by atoms with E-state index in [9.17, 15) is 9.50 Å². The molecule has 1 aliphatic rings. The smallest absolute Gasteiger partial charge is 0.141 e. The molecule has 2 rings (SSSR count). The van der Waals surface area contributed by atoms with Crippen LogP contribution < -0.4 is 5.32 Å². The molecule has 0 amide bonds. The van der Waals surface area contributed by atoms with Gasteiger partial charge in [0.1, 0.15) is 5.82 Å². The van der Waals surface area contributed by atoms with Gasteiger partial charge in [-0.25, -0.2) is 4.39 Å². The third kappa shape index (κ3) is 2.82. The van der Waals surface area contributed by atoms with E-state index in [1.54, 1.807) is 6.20 Å². The van der Waals surface area contributed by atoms with Crippen molar-refractivity contribution in [1.82, 2.24) is 10.3 Å². The van der Waals surface area contributed by atoms with E-state index >= 15 is 0 Å². The second-order valence-corrected chi connectivity index (χ2v) is 4.76. The van der Waals surface area contributed by atoms with Gasteiger partial charge >= 0.3 is 0 Å². The molecular formula is C13H19FN2O. The lowest BCUT2D eigenvalue weighted by Crippen LogP contribution is -2.39. The van der Waals surface area contributed by atoms with Gasteiger partial charge in [-0.05, 0) is 38.3 Å². The standard InChI is InChI=1S/C13H19FN2O/c1-2-16-12-3-5-13(17,6-4-12)10-7-11(14)9-15-8-10/h7-9,12,16-17H,2-6H2,1H3. The van der Waals surface area contributed by atoms with Gasteiger partial charge in [-0.2, -0.15) is 0 Å². The van der Waals surface area contributed by atoms with Crippen LogP contribution in [0.4, 0.5) is 4.39 Å². The van der Waals surface area contributed by atoms with E-state index in [0.717, 1.165) is 25.6 Å². The Bertz CT molecular complexity index is 375. The van der Waals surface area contributed by atoms with Crippen LogP contribution in [-0.2, 0) is 5.60 Å². The lowest BCUT2D eigenvalue weighted by atomic mass is 9.78. The van der Waals surface area contributed by atoms with E-state index < -0.39 is 5.60 Å². The van der Waals surface area contributed by atoms with E-state index in [-0.39, 0.29) is 5.82 Å². The monoisotopic (exact) mass is 238 g/mol. The lowest BCUT2D eigenvalue weighted by Gasteiger charge is -2.36. The Kier molecular flexibility index (Phi) is 3.74. The quantitative estimate of drug-likeness (QED) is 0.846. The van der Waals surface area contributed by atoms with Gasteiger partial charge in [0.15, 0.2) is 0 Å². The van der Waals surface area contributed by atoms with Gasteiger partial charge in [0.2, 0.25) is 0 Å². The summed E-state index contributed by atoms with van der Waals surface area (Å²) in [7, 11) is 0. The Morgan fingerprint density at radius 2 is 2.18 bits per heavy atom. The molecule has 0 saturated heterocycles. The topological polar surface area (TPSA) is 45.1 Å². The number of pyridine rings is 1. The minimum Gasteiger partial charge on any atom is -0.385 e. The van der Waals surface area contributed by atoms with Crippen LogP contribution in [-0.4, -0.2) is 22.7 Å². The van der Waals surface area contributed by atoms with Gasteiger partial charge in [0.05, 0.1) is 11.8 Å². The van der Waals surface area contributed by atoms with Crippen LogP contribution in [0.15, 0.2) is 18.5 Å². The summed E-state index contributed by atoms with van der Waals surface area (Å²) in [5.41, 5.74) is -0.298. The van der Waals surface area contributed by atoms with Crippen molar-refractivity contribution in [3.05, 3.63) is 29.8 Å². The third-order valence-corrected chi connectivity index (χ3v) is 3.55. The zero-order valence-corrected chi connectivity index (χ0v) is 10.1. The van der Waals surface area contributed by atoms with Gasteiger partial charge in [0.25, 0.3) is 0 Å². The van der Waals surface area contributed by atoms with Crippen LogP contribution in [0.3, 0.4) is 0 Å². The maximum absolute atomic E-state index is 13.1. The average molecular weight is 238 g/mol. The van der Waals surface area contributed by atoms with E-state index in [4.69, 9.17) is 0 Å². The first-order valence-corrected chi connectivity index (χ1v) is 6.21. The zero-order valence-electron chi connectivity index (χ0n) is 10.1. The van der Waals surface area contributed by atoms with Gasteiger partial charge in [-0.15, -0.1) is 0 Å². The molecule has 94 valence electrons. The molecule has 17 heavy (non-hydrogen) atoms. The predicted octanol–water partition coefficient (Wildman–Crippen LogP) is 1.96. The number of hydrogen-bond donors (Lipinski definition) is 2. The zero-order chi connectivity index (χ0) is 12.3. The molecule has 0 aliphatic heterocycles. The molecule has 0 aromatic carbocycles. The Morgan fingerprint density at radius 3 is 2.76 bits per heavy atom. The molecule has 1 saturated carbocycles. The van der Waals surface area contributed by atoms with Crippen LogP contribution in [0.1, 0.15) is 38.2 Å². The maximum atomic E-state index is 13.1. The lowest BCUT2D eigenvalue weighted by molar-refractivity contribution is -0.00869. The molecule has 0 spiro atoms. The summed E-state index contributed by atoms with van der Waals surface area (Å²) in [6, 6.07) is 1.86. The summed E-state index contributed by atoms with van der Waals surface area (Å²) in [6.45, 7) is 3.03.